The van der Waals surface area contributed by atoms with Crippen molar-refractivity contribution in [3.63, 3.8) is 0 Å². The van der Waals surface area contributed by atoms with Crippen LogP contribution in [0.25, 0.3) is 11.0 Å². The Morgan fingerprint density at radius 1 is 1.03 bits per heavy atom. The van der Waals surface area contributed by atoms with Gasteiger partial charge < -0.3 is 24.8 Å². The lowest BCUT2D eigenvalue weighted by molar-refractivity contribution is 0.225. The number of ether oxygens (including phenoxy) is 1. The van der Waals surface area contributed by atoms with E-state index in [4.69, 9.17) is 9.72 Å². The summed E-state index contributed by atoms with van der Waals surface area (Å²) in [5.41, 5.74) is 5.58. The molecule has 3 aromatic rings. The zero-order valence-electron chi connectivity index (χ0n) is 19.2. The monoisotopic (exact) mass is 437 g/mol. The minimum Gasteiger partial charge on any atom is -0.487 e. The molecule has 2 aromatic carbocycles. The van der Waals surface area contributed by atoms with Crippen LogP contribution in [-0.2, 0) is 6.54 Å². The van der Waals surface area contributed by atoms with Crippen LogP contribution in [0.4, 0.5) is 10.3 Å². The van der Waals surface area contributed by atoms with E-state index in [9.17, 15) is 4.39 Å². The van der Waals surface area contributed by atoms with Gasteiger partial charge in [0.05, 0.1) is 12.1 Å². The molecule has 0 saturated carbocycles. The quantitative estimate of drug-likeness (QED) is 0.642. The van der Waals surface area contributed by atoms with E-state index >= 15 is 0 Å². The summed E-state index contributed by atoms with van der Waals surface area (Å²) in [6.45, 7) is 12.0. The Labute approximate surface area is 188 Å². The number of nitrogens with one attached hydrogen (secondary N) is 2. The number of rotatable bonds is 5. The highest BCUT2D eigenvalue weighted by Crippen LogP contribution is 2.33. The van der Waals surface area contributed by atoms with Crippen molar-refractivity contribution < 1.29 is 9.13 Å². The summed E-state index contributed by atoms with van der Waals surface area (Å²) in [5.74, 6) is 1.69. The van der Waals surface area contributed by atoms with Crippen LogP contribution >= 0.6 is 0 Å². The first kappa shape index (κ1) is 21.2. The third kappa shape index (κ3) is 4.07. The van der Waals surface area contributed by atoms with E-state index in [1.54, 1.807) is 0 Å². The fourth-order valence-electron chi connectivity index (χ4n) is 4.88. The summed E-state index contributed by atoms with van der Waals surface area (Å²) in [6, 6.07) is 8.20. The molecule has 2 fully saturated rings. The van der Waals surface area contributed by atoms with Crippen LogP contribution in [0.1, 0.15) is 28.7 Å². The van der Waals surface area contributed by atoms with Crippen molar-refractivity contribution in [1.29, 1.82) is 0 Å². The van der Waals surface area contributed by atoms with Crippen LogP contribution in [0.5, 0.6) is 5.75 Å². The van der Waals surface area contributed by atoms with Crippen LogP contribution in [0.2, 0.25) is 0 Å². The van der Waals surface area contributed by atoms with Gasteiger partial charge in [0.15, 0.2) is 0 Å². The maximum absolute atomic E-state index is 14.3. The van der Waals surface area contributed by atoms with E-state index in [2.05, 4.69) is 39.2 Å². The van der Waals surface area contributed by atoms with Crippen LogP contribution in [0.15, 0.2) is 24.3 Å². The molecular weight excluding hydrogens is 405 g/mol. The molecule has 0 bridgehead atoms. The van der Waals surface area contributed by atoms with Gasteiger partial charge in [-0.1, -0.05) is 12.1 Å². The van der Waals surface area contributed by atoms with Crippen molar-refractivity contribution in [2.75, 3.05) is 44.2 Å². The Hall–Kier alpha value is -2.64. The second-order valence-electron chi connectivity index (χ2n) is 9.14. The fraction of sp³-hybridized carbons (Fsp3) is 0.480. The lowest BCUT2D eigenvalue weighted by Gasteiger charge is -2.29. The molecule has 1 atom stereocenters. The second-order valence-corrected chi connectivity index (χ2v) is 9.14. The van der Waals surface area contributed by atoms with Crippen molar-refractivity contribution in [3.05, 3.63) is 52.3 Å². The average molecular weight is 438 g/mol. The van der Waals surface area contributed by atoms with E-state index < -0.39 is 0 Å². The molecule has 1 aromatic heterocycles. The first-order valence-electron chi connectivity index (χ1n) is 11.6. The molecule has 0 radical (unpaired) electrons. The largest absolute Gasteiger partial charge is 0.487 e. The smallest absolute Gasteiger partial charge is 0.207 e. The number of nitrogens with zero attached hydrogens (tertiary/aromatic N) is 3. The Balaban J connectivity index is 1.62. The van der Waals surface area contributed by atoms with E-state index in [0.717, 1.165) is 79.5 Å². The maximum Gasteiger partial charge on any atom is 0.207 e. The highest BCUT2D eigenvalue weighted by Gasteiger charge is 2.24. The Morgan fingerprint density at radius 3 is 2.47 bits per heavy atom. The zero-order valence-corrected chi connectivity index (χ0v) is 19.2. The van der Waals surface area contributed by atoms with Gasteiger partial charge in [0, 0.05) is 32.7 Å². The first-order valence-corrected chi connectivity index (χ1v) is 11.6. The van der Waals surface area contributed by atoms with Gasteiger partial charge in [0.25, 0.3) is 0 Å². The van der Waals surface area contributed by atoms with Gasteiger partial charge in [-0.15, -0.1) is 0 Å². The molecule has 3 heterocycles. The van der Waals surface area contributed by atoms with Crippen molar-refractivity contribution in [1.82, 2.24) is 20.2 Å². The molecule has 5 rings (SSSR count). The summed E-state index contributed by atoms with van der Waals surface area (Å²) in [7, 11) is 0. The van der Waals surface area contributed by atoms with E-state index in [-0.39, 0.29) is 11.9 Å². The lowest BCUT2D eigenvalue weighted by Crippen LogP contribution is -2.44. The van der Waals surface area contributed by atoms with Crippen molar-refractivity contribution in [3.8, 4) is 5.75 Å². The predicted octanol–water partition coefficient (Wildman–Crippen LogP) is 3.30. The molecule has 2 aliphatic heterocycles. The minimum absolute atomic E-state index is 0.122. The lowest BCUT2D eigenvalue weighted by atomic mass is 10.1. The number of aromatic nitrogens is 2. The summed E-state index contributed by atoms with van der Waals surface area (Å²) < 4.78 is 22.9. The standard InChI is InChI=1S/C25H32FN5O/c1-16-10-21-24(22(11-16)32-20-4-5-28-14-20)29-25(30-8-6-27-7-9-30)31(21)15-19-12-17(2)23(26)18(3)13-19/h10-13,20,27-28H,4-9,14-15H2,1-3H3/t20-/m0/s1. The molecule has 0 unspecified atom stereocenters. The van der Waals surface area contributed by atoms with Crippen LogP contribution in [0, 0.1) is 26.6 Å². The third-order valence-electron chi connectivity index (χ3n) is 6.49. The van der Waals surface area contributed by atoms with Gasteiger partial charge >= 0.3 is 0 Å². The van der Waals surface area contributed by atoms with E-state index in [0.29, 0.717) is 17.7 Å². The molecule has 6 nitrogen and oxygen atoms in total. The Morgan fingerprint density at radius 2 is 1.78 bits per heavy atom. The zero-order chi connectivity index (χ0) is 22.2. The Kier molecular flexibility index (Phi) is 5.78. The molecule has 2 aliphatic rings. The number of fused-ring (bicyclic) bond motifs is 1. The fourth-order valence-corrected chi connectivity index (χ4v) is 4.88. The molecule has 170 valence electrons. The molecule has 0 spiro atoms. The van der Waals surface area contributed by atoms with Crippen LogP contribution in [0.3, 0.4) is 0 Å². The average Bonchev–Trinajstić information content (AvgIpc) is 3.41. The first-order chi connectivity index (χ1) is 15.5. The third-order valence-corrected chi connectivity index (χ3v) is 6.49. The molecule has 2 N–H and O–H groups in total. The van der Waals surface area contributed by atoms with Gasteiger partial charge in [-0.2, -0.15) is 0 Å². The van der Waals surface area contributed by atoms with E-state index in [1.807, 2.05) is 26.0 Å². The van der Waals surface area contributed by atoms with Gasteiger partial charge in [-0.3, -0.25) is 0 Å². The predicted molar refractivity (Wildman–Crippen MR) is 126 cm³/mol. The highest BCUT2D eigenvalue weighted by atomic mass is 19.1. The summed E-state index contributed by atoms with van der Waals surface area (Å²) >= 11 is 0. The molecule has 0 amide bonds. The topological polar surface area (TPSA) is 54.4 Å². The van der Waals surface area contributed by atoms with Crippen molar-refractivity contribution in [2.24, 2.45) is 0 Å². The Bertz CT molecular complexity index is 1110. The number of hydrogen-bond acceptors (Lipinski definition) is 5. The number of halogens is 1. The van der Waals surface area contributed by atoms with Crippen molar-refractivity contribution in [2.45, 2.75) is 39.8 Å². The SMILES string of the molecule is Cc1cc(O[C@H]2CCNC2)c2nc(N3CCNCC3)n(Cc3cc(C)c(F)c(C)c3)c2c1. The normalized spacial score (nSPS) is 19.1. The van der Waals surface area contributed by atoms with Crippen LogP contribution in [-0.4, -0.2) is 54.9 Å². The number of hydrogen-bond donors (Lipinski definition) is 2. The molecular formula is C25H32FN5O. The molecule has 0 aliphatic carbocycles. The van der Waals surface area contributed by atoms with Gasteiger partial charge in [-0.25, -0.2) is 9.37 Å². The number of aryl methyl sites for hydroxylation is 3. The van der Waals surface area contributed by atoms with Crippen molar-refractivity contribution >= 4 is 17.0 Å². The van der Waals surface area contributed by atoms with E-state index in [1.165, 1.54) is 0 Å². The molecule has 2 saturated heterocycles. The molecule has 32 heavy (non-hydrogen) atoms. The van der Waals surface area contributed by atoms with Gasteiger partial charge in [-0.05, 0) is 68.1 Å². The number of piperazine rings is 1. The second kappa shape index (κ2) is 8.71. The summed E-state index contributed by atoms with van der Waals surface area (Å²) in [6.07, 6.45) is 1.18. The van der Waals surface area contributed by atoms with Gasteiger partial charge in [0.2, 0.25) is 5.95 Å². The maximum atomic E-state index is 14.3. The van der Waals surface area contributed by atoms with Gasteiger partial charge in [0.1, 0.15) is 23.2 Å². The summed E-state index contributed by atoms with van der Waals surface area (Å²) in [4.78, 5) is 7.46. The number of anilines is 1. The highest BCUT2D eigenvalue weighted by molar-refractivity contribution is 5.86. The minimum atomic E-state index is -0.122. The van der Waals surface area contributed by atoms with Crippen LogP contribution < -0.4 is 20.3 Å². The summed E-state index contributed by atoms with van der Waals surface area (Å²) in [5, 5.41) is 6.80. The number of imidazole rings is 1. The number of benzene rings is 2. The molecule has 7 heteroatoms.